The van der Waals surface area contributed by atoms with Crippen LogP contribution in [-0.2, 0) is 14.7 Å². The van der Waals surface area contributed by atoms with Gasteiger partial charge in [0.1, 0.15) is 0 Å². The lowest BCUT2D eigenvalue weighted by Gasteiger charge is -2.32. The van der Waals surface area contributed by atoms with E-state index in [4.69, 9.17) is 9.31 Å². The van der Waals surface area contributed by atoms with Gasteiger partial charge in [-0.15, -0.1) is 0 Å². The van der Waals surface area contributed by atoms with Crippen LogP contribution in [0.5, 0.6) is 0 Å². The Morgan fingerprint density at radius 2 is 1.62 bits per heavy atom. The van der Waals surface area contributed by atoms with Crippen molar-refractivity contribution in [1.82, 2.24) is 0 Å². The van der Waals surface area contributed by atoms with Gasteiger partial charge in [-0.05, 0) is 39.6 Å². The van der Waals surface area contributed by atoms with E-state index < -0.39 is 0 Å². The Bertz CT molecular complexity index is 519. The molecule has 0 amide bonds. The van der Waals surface area contributed by atoms with Crippen molar-refractivity contribution in [3.8, 4) is 6.07 Å². The van der Waals surface area contributed by atoms with Crippen LogP contribution in [0.25, 0.3) is 0 Å². The van der Waals surface area contributed by atoms with E-state index in [2.05, 4.69) is 52.8 Å². The zero-order valence-corrected chi connectivity index (χ0v) is 13.6. The van der Waals surface area contributed by atoms with Crippen LogP contribution in [0.15, 0.2) is 30.3 Å². The first kappa shape index (κ1) is 16.1. The third kappa shape index (κ3) is 3.15. The molecule has 0 radical (unpaired) electrons. The maximum atomic E-state index is 9.21. The zero-order chi connectivity index (χ0) is 15.7. The van der Waals surface area contributed by atoms with E-state index in [1.54, 1.807) is 0 Å². The molecule has 1 aromatic rings. The number of nitrogens with zero attached hydrogens (tertiary/aromatic N) is 1. The van der Waals surface area contributed by atoms with Crippen LogP contribution in [-0.4, -0.2) is 18.3 Å². The van der Waals surface area contributed by atoms with Crippen molar-refractivity contribution in [3.05, 3.63) is 35.9 Å². The molecule has 1 saturated heterocycles. The molecule has 0 saturated carbocycles. The van der Waals surface area contributed by atoms with Crippen molar-refractivity contribution in [1.29, 1.82) is 5.26 Å². The molecule has 1 aromatic carbocycles. The summed E-state index contributed by atoms with van der Waals surface area (Å²) in [4.78, 5) is 0. The second-order valence-electron chi connectivity index (χ2n) is 7.15. The molecule has 21 heavy (non-hydrogen) atoms. The maximum absolute atomic E-state index is 9.21. The summed E-state index contributed by atoms with van der Waals surface area (Å²) in [5.74, 6) is 0. The third-order valence-electron chi connectivity index (χ3n) is 4.86. The van der Waals surface area contributed by atoms with Crippen molar-refractivity contribution in [2.24, 2.45) is 0 Å². The average Bonchev–Trinajstić information content (AvgIpc) is 2.58. The normalized spacial score (nSPS) is 22.6. The van der Waals surface area contributed by atoms with Crippen molar-refractivity contribution in [3.63, 3.8) is 0 Å². The minimum absolute atomic E-state index is 0.267. The van der Waals surface area contributed by atoms with Crippen molar-refractivity contribution in [2.45, 2.75) is 64.0 Å². The molecule has 4 heteroatoms. The molecule has 1 unspecified atom stereocenters. The standard InChI is InChI=1S/C17H24BNO2/c1-15(2)16(3,4)21-18(20-15)13-17(5,11-12-19)14-9-7-6-8-10-14/h6-10H,11,13H2,1-5H3. The summed E-state index contributed by atoms with van der Waals surface area (Å²) in [5.41, 5.74) is 0.224. The maximum Gasteiger partial charge on any atom is 0.458 e. The van der Waals surface area contributed by atoms with Gasteiger partial charge in [0.25, 0.3) is 0 Å². The first-order chi connectivity index (χ1) is 9.70. The smallest absolute Gasteiger partial charge is 0.403 e. The van der Waals surface area contributed by atoms with Gasteiger partial charge in [-0.1, -0.05) is 37.3 Å². The second kappa shape index (κ2) is 5.48. The summed E-state index contributed by atoms with van der Waals surface area (Å²) >= 11 is 0. The number of rotatable bonds is 4. The SMILES string of the molecule is CC(CC#N)(CB1OC(C)(C)C(C)(C)O1)c1ccccc1. The minimum Gasteiger partial charge on any atom is -0.403 e. The quantitative estimate of drug-likeness (QED) is 0.786. The Hall–Kier alpha value is -1.31. The van der Waals surface area contributed by atoms with E-state index in [-0.39, 0.29) is 23.7 Å². The Morgan fingerprint density at radius 1 is 1.10 bits per heavy atom. The Labute approximate surface area is 128 Å². The molecule has 1 atom stereocenters. The molecule has 1 heterocycles. The van der Waals surface area contributed by atoms with Gasteiger partial charge >= 0.3 is 7.12 Å². The fourth-order valence-electron chi connectivity index (χ4n) is 2.72. The van der Waals surface area contributed by atoms with Gasteiger partial charge in [0.15, 0.2) is 0 Å². The molecule has 1 aliphatic heterocycles. The van der Waals surface area contributed by atoms with Gasteiger partial charge in [0, 0.05) is 11.8 Å². The van der Waals surface area contributed by atoms with Gasteiger partial charge < -0.3 is 9.31 Å². The largest absolute Gasteiger partial charge is 0.458 e. The van der Waals surface area contributed by atoms with E-state index in [1.807, 2.05) is 18.2 Å². The van der Waals surface area contributed by atoms with E-state index >= 15 is 0 Å². The highest BCUT2D eigenvalue weighted by atomic mass is 16.7. The molecule has 0 N–H and O–H groups in total. The summed E-state index contributed by atoms with van der Waals surface area (Å²) < 4.78 is 12.2. The molecule has 0 aromatic heterocycles. The van der Waals surface area contributed by atoms with Gasteiger partial charge in [-0.2, -0.15) is 5.26 Å². The van der Waals surface area contributed by atoms with Crippen LogP contribution in [0.4, 0.5) is 0 Å². The third-order valence-corrected chi connectivity index (χ3v) is 4.86. The zero-order valence-electron chi connectivity index (χ0n) is 13.6. The summed E-state index contributed by atoms with van der Waals surface area (Å²) in [7, 11) is -0.284. The first-order valence-electron chi connectivity index (χ1n) is 7.48. The highest BCUT2D eigenvalue weighted by molar-refractivity contribution is 6.45. The van der Waals surface area contributed by atoms with Crippen LogP contribution in [0.1, 0.15) is 46.6 Å². The molecule has 2 rings (SSSR count). The van der Waals surface area contributed by atoms with Crippen molar-refractivity contribution >= 4 is 7.12 Å². The lowest BCUT2D eigenvalue weighted by Crippen LogP contribution is -2.41. The lowest BCUT2D eigenvalue weighted by atomic mass is 9.64. The Kier molecular flexibility index (Phi) is 4.19. The van der Waals surface area contributed by atoms with E-state index in [0.717, 1.165) is 5.56 Å². The molecular formula is C17H24BNO2. The summed E-state index contributed by atoms with van der Waals surface area (Å²) in [6.45, 7) is 10.3. The van der Waals surface area contributed by atoms with Crippen LogP contribution in [0.3, 0.4) is 0 Å². The number of benzene rings is 1. The predicted molar refractivity (Wildman–Crippen MR) is 84.9 cm³/mol. The minimum atomic E-state index is -0.331. The Morgan fingerprint density at radius 3 is 2.10 bits per heavy atom. The van der Waals surface area contributed by atoms with Gasteiger partial charge in [-0.3, -0.25) is 0 Å². The number of nitriles is 1. The fraction of sp³-hybridized carbons (Fsp3) is 0.588. The molecule has 0 aliphatic carbocycles. The average molecular weight is 285 g/mol. The molecule has 1 fully saturated rings. The lowest BCUT2D eigenvalue weighted by molar-refractivity contribution is 0.00578. The van der Waals surface area contributed by atoms with Crippen LogP contribution >= 0.6 is 0 Å². The van der Waals surface area contributed by atoms with Crippen LogP contribution in [0.2, 0.25) is 6.32 Å². The summed E-state index contributed by atoms with van der Waals surface area (Å²) in [6.07, 6.45) is 1.12. The van der Waals surface area contributed by atoms with E-state index in [1.165, 1.54) is 0 Å². The number of hydrogen-bond acceptors (Lipinski definition) is 3. The molecule has 1 aliphatic rings. The molecular weight excluding hydrogens is 261 g/mol. The first-order valence-corrected chi connectivity index (χ1v) is 7.48. The van der Waals surface area contributed by atoms with Crippen molar-refractivity contribution < 1.29 is 9.31 Å². The van der Waals surface area contributed by atoms with Crippen LogP contribution in [0, 0.1) is 11.3 Å². The predicted octanol–water partition coefficient (Wildman–Crippen LogP) is 3.95. The highest BCUT2D eigenvalue weighted by Crippen LogP contribution is 2.42. The van der Waals surface area contributed by atoms with Gasteiger partial charge in [0.2, 0.25) is 0 Å². The van der Waals surface area contributed by atoms with Crippen LogP contribution < -0.4 is 0 Å². The van der Waals surface area contributed by atoms with Crippen molar-refractivity contribution in [2.75, 3.05) is 0 Å². The van der Waals surface area contributed by atoms with E-state index in [0.29, 0.717) is 12.7 Å². The summed E-state index contributed by atoms with van der Waals surface area (Å²) in [5, 5.41) is 9.21. The van der Waals surface area contributed by atoms with Gasteiger partial charge in [0.05, 0.1) is 17.3 Å². The highest BCUT2D eigenvalue weighted by Gasteiger charge is 2.52. The van der Waals surface area contributed by atoms with Gasteiger partial charge in [-0.25, -0.2) is 0 Å². The number of hydrogen-bond donors (Lipinski definition) is 0. The second-order valence-corrected chi connectivity index (χ2v) is 7.15. The summed E-state index contributed by atoms with van der Waals surface area (Å²) in [6, 6.07) is 12.5. The van der Waals surface area contributed by atoms with E-state index in [9.17, 15) is 5.26 Å². The Balaban J connectivity index is 2.21. The monoisotopic (exact) mass is 285 g/mol. The topological polar surface area (TPSA) is 42.2 Å². The molecule has 0 bridgehead atoms. The molecule has 3 nitrogen and oxygen atoms in total. The fourth-order valence-corrected chi connectivity index (χ4v) is 2.72. The molecule has 0 spiro atoms. The molecule has 112 valence electrons.